The van der Waals surface area contributed by atoms with E-state index in [1.54, 1.807) is 18.2 Å². The number of nitrogens with zero attached hydrogens (tertiary/aromatic N) is 4. The Morgan fingerprint density at radius 2 is 1.23 bits per heavy atom. The second kappa shape index (κ2) is 20.9. The molecule has 12 nitrogen and oxygen atoms in total. The first-order chi connectivity index (χ1) is 21.5. The summed E-state index contributed by atoms with van der Waals surface area (Å²) in [6.45, 7) is 6.02. The third kappa shape index (κ3) is 13.3. The lowest BCUT2D eigenvalue weighted by molar-refractivity contribution is 0.00433. The van der Waals surface area contributed by atoms with Gasteiger partial charge in [-0.05, 0) is 37.1 Å². The van der Waals surface area contributed by atoms with Crippen LogP contribution < -0.4 is 0 Å². The molecule has 1 saturated carbocycles. The number of ether oxygens (including phenoxy) is 5. The molecule has 3 rings (SSSR count). The highest BCUT2D eigenvalue weighted by molar-refractivity contribution is 5.87. The first-order valence-electron chi connectivity index (χ1n) is 15.4. The van der Waals surface area contributed by atoms with Gasteiger partial charge >= 0.3 is 11.9 Å². The van der Waals surface area contributed by atoms with Gasteiger partial charge in [0.2, 0.25) is 0 Å². The SMILES string of the molecule is COC(=O)c1cccc(CN(CCO)CCOCCOCCN(CCOC2CCCCC2)Cc2cccc(C(=O)OC)n2)n1. The Labute approximate surface area is 260 Å². The summed E-state index contributed by atoms with van der Waals surface area (Å²) in [4.78, 5) is 36.8. The molecule has 0 amide bonds. The van der Waals surface area contributed by atoms with Crippen LogP contribution >= 0.6 is 0 Å². The van der Waals surface area contributed by atoms with E-state index in [1.165, 1.54) is 33.5 Å². The van der Waals surface area contributed by atoms with Gasteiger partial charge in [-0.3, -0.25) is 9.80 Å². The van der Waals surface area contributed by atoms with Gasteiger partial charge in [0.05, 0.1) is 71.4 Å². The Balaban J connectivity index is 1.38. The van der Waals surface area contributed by atoms with Crippen molar-refractivity contribution < 1.29 is 38.4 Å². The summed E-state index contributed by atoms with van der Waals surface area (Å²) in [7, 11) is 2.67. The Morgan fingerprint density at radius 3 is 1.73 bits per heavy atom. The van der Waals surface area contributed by atoms with Gasteiger partial charge in [0.1, 0.15) is 11.4 Å². The maximum atomic E-state index is 11.9. The molecule has 0 atom stereocenters. The number of carbonyl (C=O) groups is 2. The topological polar surface area (TPSA) is 133 Å². The molecule has 0 unspecified atom stereocenters. The number of esters is 2. The molecule has 1 fully saturated rings. The van der Waals surface area contributed by atoms with E-state index in [2.05, 4.69) is 14.9 Å². The van der Waals surface area contributed by atoms with E-state index < -0.39 is 11.9 Å². The van der Waals surface area contributed by atoms with Crippen molar-refractivity contribution in [2.75, 3.05) is 80.0 Å². The molecule has 12 heteroatoms. The van der Waals surface area contributed by atoms with E-state index in [-0.39, 0.29) is 12.3 Å². The van der Waals surface area contributed by atoms with E-state index >= 15 is 0 Å². The monoisotopic (exact) mass is 616 g/mol. The smallest absolute Gasteiger partial charge is 0.356 e. The molecule has 1 aliphatic rings. The summed E-state index contributed by atoms with van der Waals surface area (Å²) in [6, 6.07) is 10.6. The van der Waals surface area contributed by atoms with Crippen LogP contribution in [0.2, 0.25) is 0 Å². The number of carbonyl (C=O) groups excluding carboxylic acids is 2. The molecular formula is C32H48N4O8. The third-order valence-electron chi connectivity index (χ3n) is 7.38. The zero-order chi connectivity index (χ0) is 31.4. The first kappa shape index (κ1) is 35.5. The van der Waals surface area contributed by atoms with Gasteiger partial charge in [-0.2, -0.15) is 0 Å². The number of aliphatic hydroxyl groups is 1. The van der Waals surface area contributed by atoms with Crippen molar-refractivity contribution in [3.05, 3.63) is 59.2 Å². The van der Waals surface area contributed by atoms with Crippen molar-refractivity contribution >= 4 is 11.9 Å². The molecule has 2 aromatic rings. The fourth-order valence-electron chi connectivity index (χ4n) is 5.00. The highest BCUT2D eigenvalue weighted by Gasteiger charge is 2.16. The zero-order valence-electron chi connectivity index (χ0n) is 26.2. The quantitative estimate of drug-likeness (QED) is 0.163. The maximum Gasteiger partial charge on any atom is 0.356 e. The average molecular weight is 617 g/mol. The van der Waals surface area contributed by atoms with Gasteiger partial charge < -0.3 is 28.8 Å². The zero-order valence-corrected chi connectivity index (χ0v) is 26.2. The van der Waals surface area contributed by atoms with E-state index in [0.29, 0.717) is 83.3 Å². The minimum absolute atomic E-state index is 0.00447. The van der Waals surface area contributed by atoms with Crippen molar-refractivity contribution in [1.82, 2.24) is 19.8 Å². The van der Waals surface area contributed by atoms with Crippen molar-refractivity contribution in [3.63, 3.8) is 0 Å². The molecule has 0 aromatic carbocycles. The van der Waals surface area contributed by atoms with Gasteiger partial charge in [0.15, 0.2) is 0 Å². The predicted molar refractivity (Wildman–Crippen MR) is 163 cm³/mol. The van der Waals surface area contributed by atoms with Crippen LogP contribution in [0.15, 0.2) is 36.4 Å². The lowest BCUT2D eigenvalue weighted by Crippen LogP contribution is -2.33. The van der Waals surface area contributed by atoms with E-state index in [4.69, 9.17) is 23.7 Å². The lowest BCUT2D eigenvalue weighted by Gasteiger charge is -2.26. The molecule has 1 aliphatic carbocycles. The van der Waals surface area contributed by atoms with Gasteiger partial charge in [0, 0.05) is 39.3 Å². The molecule has 1 N–H and O–H groups in total. The number of hydrogen-bond donors (Lipinski definition) is 1. The molecule has 2 aromatic heterocycles. The number of aromatic nitrogens is 2. The molecule has 0 saturated heterocycles. The lowest BCUT2D eigenvalue weighted by atomic mass is 9.98. The summed E-state index contributed by atoms with van der Waals surface area (Å²) in [6.07, 6.45) is 6.35. The van der Waals surface area contributed by atoms with E-state index in [1.807, 2.05) is 23.1 Å². The molecule has 244 valence electrons. The van der Waals surface area contributed by atoms with Gasteiger partial charge in [-0.1, -0.05) is 31.4 Å². The number of hydrogen-bond acceptors (Lipinski definition) is 12. The molecule has 44 heavy (non-hydrogen) atoms. The van der Waals surface area contributed by atoms with Crippen LogP contribution in [-0.4, -0.2) is 123 Å². The third-order valence-corrected chi connectivity index (χ3v) is 7.38. The Bertz CT molecular complexity index is 1120. The fourth-order valence-corrected chi connectivity index (χ4v) is 5.00. The van der Waals surface area contributed by atoms with E-state index in [9.17, 15) is 14.7 Å². The van der Waals surface area contributed by atoms with Crippen molar-refractivity contribution in [2.45, 2.75) is 51.3 Å². The van der Waals surface area contributed by atoms with Crippen LogP contribution in [0, 0.1) is 0 Å². The molecule has 2 heterocycles. The predicted octanol–water partition coefficient (Wildman–Crippen LogP) is 2.73. The van der Waals surface area contributed by atoms with Crippen LogP contribution in [-0.2, 0) is 36.8 Å². The van der Waals surface area contributed by atoms with Crippen LogP contribution in [0.5, 0.6) is 0 Å². The molecule has 0 bridgehead atoms. The number of pyridine rings is 2. The number of rotatable bonds is 21. The average Bonchev–Trinajstić information content (AvgIpc) is 3.05. The maximum absolute atomic E-state index is 11.9. The molecule has 0 aliphatic heterocycles. The standard InChI is InChI=1S/C32H48N4O8/c1-40-31(38)29-12-6-8-26(33-29)24-35(14-18-37)15-19-42-22-23-43-20-16-36(17-21-44-28-10-4-3-5-11-28)25-27-9-7-13-30(34-27)32(39)41-2/h6-9,12-13,28,37H,3-5,10-11,14-25H2,1-2H3. The van der Waals surface area contributed by atoms with Crippen LogP contribution in [0.25, 0.3) is 0 Å². The second-order valence-corrected chi connectivity index (χ2v) is 10.6. The van der Waals surface area contributed by atoms with E-state index in [0.717, 1.165) is 25.1 Å². The van der Waals surface area contributed by atoms with Gasteiger partial charge in [0.25, 0.3) is 0 Å². The minimum atomic E-state index is -0.482. The number of aliphatic hydroxyl groups excluding tert-OH is 1. The normalized spacial score (nSPS) is 13.8. The Hall–Kier alpha value is -3.00. The highest BCUT2D eigenvalue weighted by atomic mass is 16.5. The summed E-state index contributed by atoms with van der Waals surface area (Å²) in [5.74, 6) is -0.935. The van der Waals surface area contributed by atoms with Gasteiger partial charge in [-0.25, -0.2) is 19.6 Å². The van der Waals surface area contributed by atoms with Crippen LogP contribution in [0.4, 0.5) is 0 Å². The second-order valence-electron chi connectivity index (χ2n) is 10.6. The molecule has 0 spiro atoms. The number of methoxy groups -OCH3 is 2. The largest absolute Gasteiger partial charge is 0.464 e. The Morgan fingerprint density at radius 1 is 0.727 bits per heavy atom. The summed E-state index contributed by atoms with van der Waals surface area (Å²) in [5, 5.41) is 9.47. The van der Waals surface area contributed by atoms with Crippen molar-refractivity contribution in [2.24, 2.45) is 0 Å². The van der Waals surface area contributed by atoms with Crippen molar-refractivity contribution in [1.29, 1.82) is 0 Å². The summed E-state index contributed by atoms with van der Waals surface area (Å²) >= 11 is 0. The summed E-state index contributed by atoms with van der Waals surface area (Å²) < 4.78 is 27.4. The van der Waals surface area contributed by atoms with Gasteiger partial charge in [-0.15, -0.1) is 0 Å². The minimum Gasteiger partial charge on any atom is -0.464 e. The van der Waals surface area contributed by atoms with Crippen molar-refractivity contribution in [3.8, 4) is 0 Å². The Kier molecular flexibility index (Phi) is 16.8. The first-order valence-corrected chi connectivity index (χ1v) is 15.4. The fraction of sp³-hybridized carbons (Fsp3) is 0.625. The molecule has 0 radical (unpaired) electrons. The molecular weight excluding hydrogens is 568 g/mol. The summed E-state index contributed by atoms with van der Waals surface area (Å²) in [5.41, 5.74) is 2.04. The van der Waals surface area contributed by atoms with Crippen LogP contribution in [0.1, 0.15) is 64.5 Å². The van der Waals surface area contributed by atoms with Crippen LogP contribution in [0.3, 0.4) is 0 Å². The highest BCUT2D eigenvalue weighted by Crippen LogP contribution is 2.20.